The maximum absolute atomic E-state index is 13.9. The van der Waals surface area contributed by atoms with Gasteiger partial charge in [0.2, 0.25) is 0 Å². The van der Waals surface area contributed by atoms with Gasteiger partial charge in [-0.25, -0.2) is 13.2 Å². The molecule has 0 fully saturated rings. The SMILES string of the molecule is CCNC(Cc1ccc(Br)cc1F)c1ccc(F)cc1F. The van der Waals surface area contributed by atoms with E-state index >= 15 is 0 Å². The van der Waals surface area contributed by atoms with Gasteiger partial charge in [-0.1, -0.05) is 35.0 Å². The van der Waals surface area contributed by atoms with E-state index < -0.39 is 17.7 Å². The molecule has 0 aromatic heterocycles. The van der Waals surface area contributed by atoms with E-state index in [1.807, 2.05) is 6.92 Å². The highest BCUT2D eigenvalue weighted by Gasteiger charge is 2.17. The Labute approximate surface area is 130 Å². The molecule has 2 aromatic rings. The maximum atomic E-state index is 13.9. The molecule has 5 heteroatoms. The summed E-state index contributed by atoms with van der Waals surface area (Å²) in [6.45, 7) is 2.48. The molecule has 0 aliphatic rings. The molecule has 2 aromatic carbocycles. The molecule has 1 nitrogen and oxygen atoms in total. The molecule has 2 rings (SSSR count). The van der Waals surface area contributed by atoms with Crippen molar-refractivity contribution in [2.75, 3.05) is 6.54 Å². The number of rotatable bonds is 5. The molecule has 0 amide bonds. The first-order valence-corrected chi connectivity index (χ1v) is 7.42. The summed E-state index contributed by atoms with van der Waals surface area (Å²) >= 11 is 3.20. The van der Waals surface area contributed by atoms with E-state index in [1.54, 1.807) is 12.1 Å². The van der Waals surface area contributed by atoms with E-state index in [1.165, 1.54) is 18.2 Å². The van der Waals surface area contributed by atoms with Crippen molar-refractivity contribution < 1.29 is 13.2 Å². The van der Waals surface area contributed by atoms with Gasteiger partial charge in [-0.15, -0.1) is 0 Å². The van der Waals surface area contributed by atoms with Crippen LogP contribution in [0.3, 0.4) is 0 Å². The van der Waals surface area contributed by atoms with E-state index in [4.69, 9.17) is 0 Å². The van der Waals surface area contributed by atoms with Crippen molar-refractivity contribution in [1.82, 2.24) is 5.32 Å². The smallest absolute Gasteiger partial charge is 0.130 e. The third-order valence-electron chi connectivity index (χ3n) is 3.23. The van der Waals surface area contributed by atoms with Crippen LogP contribution >= 0.6 is 15.9 Å². The third kappa shape index (κ3) is 4.08. The first-order valence-electron chi connectivity index (χ1n) is 6.63. The number of halogens is 4. The van der Waals surface area contributed by atoms with Crippen LogP contribution in [0.5, 0.6) is 0 Å². The van der Waals surface area contributed by atoms with Crippen LogP contribution in [0.15, 0.2) is 40.9 Å². The molecule has 1 N–H and O–H groups in total. The predicted octanol–water partition coefficient (Wildman–Crippen LogP) is 4.76. The lowest BCUT2D eigenvalue weighted by Crippen LogP contribution is -2.24. The van der Waals surface area contributed by atoms with Crippen molar-refractivity contribution in [3.8, 4) is 0 Å². The lowest BCUT2D eigenvalue weighted by Gasteiger charge is -2.19. The van der Waals surface area contributed by atoms with Crippen LogP contribution < -0.4 is 5.32 Å². The number of hydrogen-bond acceptors (Lipinski definition) is 1. The average molecular weight is 358 g/mol. The molecule has 0 aliphatic heterocycles. The fraction of sp³-hybridized carbons (Fsp3) is 0.250. The number of likely N-dealkylation sites (N-methyl/N-ethyl adjacent to an activating group) is 1. The molecule has 1 atom stereocenters. The second-order valence-corrected chi connectivity index (χ2v) is 5.63. The Balaban J connectivity index is 2.30. The minimum Gasteiger partial charge on any atom is -0.310 e. The van der Waals surface area contributed by atoms with Crippen molar-refractivity contribution >= 4 is 15.9 Å². The molecular weight excluding hydrogens is 343 g/mol. The van der Waals surface area contributed by atoms with Crippen molar-refractivity contribution in [2.45, 2.75) is 19.4 Å². The van der Waals surface area contributed by atoms with Crippen LogP contribution in [-0.4, -0.2) is 6.54 Å². The van der Waals surface area contributed by atoms with Gasteiger partial charge in [-0.2, -0.15) is 0 Å². The van der Waals surface area contributed by atoms with Gasteiger partial charge >= 0.3 is 0 Å². The van der Waals surface area contributed by atoms with E-state index in [0.29, 0.717) is 22.1 Å². The summed E-state index contributed by atoms with van der Waals surface area (Å²) in [7, 11) is 0. The second kappa shape index (κ2) is 7.09. The van der Waals surface area contributed by atoms with E-state index in [2.05, 4.69) is 21.2 Å². The highest BCUT2D eigenvalue weighted by atomic mass is 79.9. The Morgan fingerprint density at radius 3 is 2.43 bits per heavy atom. The first-order chi connectivity index (χ1) is 10.0. The van der Waals surface area contributed by atoms with Crippen LogP contribution in [0.4, 0.5) is 13.2 Å². The Morgan fingerprint density at radius 1 is 1.05 bits per heavy atom. The molecule has 1 unspecified atom stereocenters. The zero-order valence-electron chi connectivity index (χ0n) is 11.5. The zero-order valence-corrected chi connectivity index (χ0v) is 13.1. The summed E-state index contributed by atoms with van der Waals surface area (Å²) in [6, 6.07) is 7.81. The number of nitrogens with one attached hydrogen (secondary N) is 1. The van der Waals surface area contributed by atoms with Gasteiger partial charge in [0.25, 0.3) is 0 Å². The minimum atomic E-state index is -0.626. The van der Waals surface area contributed by atoms with Gasteiger partial charge in [0.05, 0.1) is 0 Å². The van der Waals surface area contributed by atoms with E-state index in [9.17, 15) is 13.2 Å². The highest BCUT2D eigenvalue weighted by molar-refractivity contribution is 9.10. The van der Waals surface area contributed by atoms with Crippen LogP contribution in [0.1, 0.15) is 24.1 Å². The summed E-state index contributed by atoms with van der Waals surface area (Å²) in [5.41, 5.74) is 0.813. The Morgan fingerprint density at radius 2 is 1.81 bits per heavy atom. The maximum Gasteiger partial charge on any atom is 0.130 e. The monoisotopic (exact) mass is 357 g/mol. The van der Waals surface area contributed by atoms with Gasteiger partial charge in [0.1, 0.15) is 17.5 Å². The van der Waals surface area contributed by atoms with Crippen molar-refractivity contribution in [1.29, 1.82) is 0 Å². The standard InChI is InChI=1S/C16H15BrF3N/c1-2-21-16(13-6-5-12(18)9-15(13)20)7-10-3-4-11(17)8-14(10)19/h3-6,8-9,16,21H,2,7H2,1H3. The molecule has 0 saturated carbocycles. The van der Waals surface area contributed by atoms with Gasteiger partial charge in [-0.05, 0) is 36.7 Å². The lowest BCUT2D eigenvalue weighted by atomic mass is 9.98. The number of benzene rings is 2. The molecular formula is C16H15BrF3N. The summed E-state index contributed by atoms with van der Waals surface area (Å²) in [5, 5.41) is 3.11. The quantitative estimate of drug-likeness (QED) is 0.813. The minimum absolute atomic E-state index is 0.287. The lowest BCUT2D eigenvalue weighted by molar-refractivity contribution is 0.492. The Kier molecular flexibility index (Phi) is 5.42. The normalized spacial score (nSPS) is 12.4. The fourth-order valence-corrected chi connectivity index (χ4v) is 2.56. The molecule has 0 saturated heterocycles. The molecule has 112 valence electrons. The van der Waals surface area contributed by atoms with Crippen molar-refractivity contribution in [3.63, 3.8) is 0 Å². The summed E-state index contributed by atoms with van der Waals surface area (Å²) in [4.78, 5) is 0. The molecule has 0 spiro atoms. The molecule has 0 heterocycles. The van der Waals surface area contributed by atoms with Crippen LogP contribution in [0.25, 0.3) is 0 Å². The Bertz CT molecular complexity index is 631. The van der Waals surface area contributed by atoms with Gasteiger partial charge in [-0.3, -0.25) is 0 Å². The van der Waals surface area contributed by atoms with Gasteiger partial charge < -0.3 is 5.32 Å². The van der Waals surface area contributed by atoms with Crippen molar-refractivity contribution in [2.24, 2.45) is 0 Å². The zero-order chi connectivity index (χ0) is 15.4. The fourth-order valence-electron chi connectivity index (χ4n) is 2.23. The molecule has 21 heavy (non-hydrogen) atoms. The van der Waals surface area contributed by atoms with Gasteiger partial charge in [0.15, 0.2) is 0 Å². The Hall–Kier alpha value is -1.33. The van der Waals surface area contributed by atoms with Crippen LogP contribution in [-0.2, 0) is 6.42 Å². The average Bonchev–Trinajstić information content (AvgIpc) is 2.41. The summed E-state index contributed by atoms with van der Waals surface area (Å²) in [5.74, 6) is -1.60. The molecule has 0 radical (unpaired) electrons. The molecule has 0 aliphatic carbocycles. The highest BCUT2D eigenvalue weighted by Crippen LogP contribution is 2.24. The summed E-state index contributed by atoms with van der Waals surface area (Å²) < 4.78 is 41.5. The van der Waals surface area contributed by atoms with Gasteiger partial charge in [0, 0.05) is 22.1 Å². The number of hydrogen-bond donors (Lipinski definition) is 1. The second-order valence-electron chi connectivity index (χ2n) is 4.72. The summed E-state index contributed by atoms with van der Waals surface area (Å²) in [6.07, 6.45) is 0.287. The van der Waals surface area contributed by atoms with Crippen LogP contribution in [0, 0.1) is 17.5 Å². The van der Waals surface area contributed by atoms with E-state index in [-0.39, 0.29) is 12.2 Å². The molecule has 0 bridgehead atoms. The predicted molar refractivity (Wildman–Crippen MR) is 80.6 cm³/mol. The van der Waals surface area contributed by atoms with E-state index in [0.717, 1.165) is 6.07 Å². The topological polar surface area (TPSA) is 12.0 Å². The van der Waals surface area contributed by atoms with Crippen LogP contribution in [0.2, 0.25) is 0 Å². The first kappa shape index (κ1) is 16.0. The largest absolute Gasteiger partial charge is 0.310 e. The third-order valence-corrected chi connectivity index (χ3v) is 3.72. The van der Waals surface area contributed by atoms with Crippen molar-refractivity contribution in [3.05, 3.63) is 69.4 Å².